The maximum atomic E-state index is 12.9. The lowest BCUT2D eigenvalue weighted by molar-refractivity contribution is 0.0696. The van der Waals surface area contributed by atoms with E-state index in [9.17, 15) is 18.0 Å². The Morgan fingerprint density at radius 3 is 2.29 bits per heavy atom. The van der Waals surface area contributed by atoms with Crippen LogP contribution in [0.4, 0.5) is 5.69 Å². The minimum absolute atomic E-state index is 0.0935. The molecule has 2 aromatic rings. The molecule has 0 unspecified atom stereocenters. The van der Waals surface area contributed by atoms with Gasteiger partial charge in [0.05, 0.1) is 10.5 Å². The predicted molar refractivity (Wildman–Crippen MR) is 105 cm³/mol. The predicted octanol–water partition coefficient (Wildman–Crippen LogP) is 3.06. The van der Waals surface area contributed by atoms with Gasteiger partial charge in [0.2, 0.25) is 10.0 Å². The highest BCUT2D eigenvalue weighted by molar-refractivity contribution is 7.89. The first-order valence-electron chi connectivity index (χ1n) is 9.02. The van der Waals surface area contributed by atoms with Crippen molar-refractivity contribution >= 4 is 27.6 Å². The standard InChI is InChI=1S/C20H22N2O5S/c1-14-9-11-22(12-10-14)28(26,27)18-4-2-3-16(13-18)19(23)21-17-7-5-15(6-8-17)20(24)25/h2-8,13-14H,9-12H2,1H3,(H,21,23)(H,24,25). The molecule has 1 heterocycles. The number of sulfonamides is 1. The van der Waals surface area contributed by atoms with Crippen LogP contribution in [-0.2, 0) is 10.0 Å². The van der Waals surface area contributed by atoms with Gasteiger partial charge < -0.3 is 10.4 Å². The number of carbonyl (C=O) groups is 2. The number of hydrogen-bond acceptors (Lipinski definition) is 4. The van der Waals surface area contributed by atoms with Crippen LogP contribution in [0.5, 0.6) is 0 Å². The van der Waals surface area contributed by atoms with Crippen LogP contribution >= 0.6 is 0 Å². The van der Waals surface area contributed by atoms with E-state index in [0.717, 1.165) is 12.8 Å². The fraction of sp³-hybridized carbons (Fsp3) is 0.300. The fourth-order valence-corrected chi connectivity index (χ4v) is 4.59. The molecule has 0 radical (unpaired) electrons. The van der Waals surface area contributed by atoms with E-state index in [4.69, 9.17) is 5.11 Å². The number of nitrogens with one attached hydrogen (secondary N) is 1. The third-order valence-corrected chi connectivity index (χ3v) is 6.76. The van der Waals surface area contributed by atoms with Gasteiger partial charge in [0.25, 0.3) is 5.91 Å². The molecule has 2 N–H and O–H groups in total. The van der Waals surface area contributed by atoms with Gasteiger partial charge >= 0.3 is 5.97 Å². The van der Waals surface area contributed by atoms with E-state index >= 15 is 0 Å². The van der Waals surface area contributed by atoms with Crippen molar-refractivity contribution in [2.75, 3.05) is 18.4 Å². The lowest BCUT2D eigenvalue weighted by Crippen LogP contribution is -2.37. The number of carbonyl (C=O) groups excluding carboxylic acids is 1. The number of carboxylic acids is 1. The van der Waals surface area contributed by atoms with Crippen LogP contribution in [0.2, 0.25) is 0 Å². The highest BCUT2D eigenvalue weighted by Gasteiger charge is 2.28. The first kappa shape index (κ1) is 20.0. The van der Waals surface area contributed by atoms with E-state index in [1.54, 1.807) is 6.07 Å². The number of carboxylic acid groups (broad SMARTS) is 1. The highest BCUT2D eigenvalue weighted by Crippen LogP contribution is 2.24. The molecule has 1 aliphatic heterocycles. The number of anilines is 1. The van der Waals surface area contributed by atoms with E-state index < -0.39 is 21.9 Å². The second kappa shape index (κ2) is 8.12. The molecule has 0 spiro atoms. The second-order valence-electron chi connectivity index (χ2n) is 6.95. The Hall–Kier alpha value is -2.71. The minimum atomic E-state index is -3.64. The van der Waals surface area contributed by atoms with Gasteiger partial charge in [-0.05, 0) is 61.2 Å². The Labute approximate surface area is 164 Å². The van der Waals surface area contributed by atoms with Crippen LogP contribution in [0.15, 0.2) is 53.4 Å². The van der Waals surface area contributed by atoms with Gasteiger partial charge in [-0.25, -0.2) is 13.2 Å². The second-order valence-corrected chi connectivity index (χ2v) is 8.89. The Kier molecular flexibility index (Phi) is 5.81. The minimum Gasteiger partial charge on any atom is -0.478 e. The molecule has 3 rings (SSSR count). The zero-order valence-electron chi connectivity index (χ0n) is 15.5. The molecule has 2 aromatic carbocycles. The van der Waals surface area contributed by atoms with Crippen LogP contribution in [0.25, 0.3) is 0 Å². The summed E-state index contributed by atoms with van der Waals surface area (Å²) in [6.45, 7) is 3.07. The molecule has 7 nitrogen and oxygen atoms in total. The summed E-state index contributed by atoms with van der Waals surface area (Å²) in [5.41, 5.74) is 0.754. The quantitative estimate of drug-likeness (QED) is 0.800. The summed E-state index contributed by atoms with van der Waals surface area (Å²) >= 11 is 0. The third kappa shape index (κ3) is 4.40. The van der Waals surface area contributed by atoms with Crippen LogP contribution in [0.3, 0.4) is 0 Å². The summed E-state index contributed by atoms with van der Waals surface area (Å²) in [6.07, 6.45) is 1.65. The number of nitrogens with zero attached hydrogens (tertiary/aromatic N) is 1. The molecule has 28 heavy (non-hydrogen) atoms. The Bertz CT molecular complexity index is 978. The SMILES string of the molecule is CC1CCN(S(=O)(=O)c2cccc(C(=O)Nc3ccc(C(=O)O)cc3)c2)CC1. The molecule has 0 aliphatic carbocycles. The first-order chi connectivity index (χ1) is 13.3. The lowest BCUT2D eigenvalue weighted by atomic mass is 10.0. The molecule has 1 fully saturated rings. The summed E-state index contributed by atoms with van der Waals surface area (Å²) in [5, 5.41) is 11.6. The molecule has 0 atom stereocenters. The summed E-state index contributed by atoms with van der Waals surface area (Å²) in [7, 11) is -3.64. The number of piperidine rings is 1. The highest BCUT2D eigenvalue weighted by atomic mass is 32.2. The van der Waals surface area contributed by atoms with Crippen LogP contribution in [-0.4, -0.2) is 42.8 Å². The number of amides is 1. The molecule has 0 bridgehead atoms. The Morgan fingerprint density at radius 1 is 1.04 bits per heavy atom. The van der Waals surface area contributed by atoms with Crippen LogP contribution in [0.1, 0.15) is 40.5 Å². The fourth-order valence-electron chi connectivity index (χ4n) is 3.07. The summed E-state index contributed by atoms with van der Waals surface area (Å²) in [4.78, 5) is 23.5. The van der Waals surface area contributed by atoms with Crippen molar-refractivity contribution in [3.05, 3.63) is 59.7 Å². The van der Waals surface area contributed by atoms with Gasteiger partial charge in [-0.3, -0.25) is 4.79 Å². The number of benzene rings is 2. The van der Waals surface area contributed by atoms with Crippen LogP contribution in [0, 0.1) is 5.92 Å². The van der Waals surface area contributed by atoms with Gasteiger partial charge in [0.1, 0.15) is 0 Å². The van der Waals surface area contributed by atoms with E-state index in [-0.39, 0.29) is 16.0 Å². The van der Waals surface area contributed by atoms with Crippen LogP contribution < -0.4 is 5.32 Å². The van der Waals surface area contributed by atoms with Gasteiger partial charge in [-0.2, -0.15) is 4.31 Å². The monoisotopic (exact) mass is 402 g/mol. The van der Waals surface area contributed by atoms with Gasteiger partial charge in [-0.1, -0.05) is 13.0 Å². The first-order valence-corrected chi connectivity index (χ1v) is 10.5. The van der Waals surface area contributed by atoms with Crippen molar-refractivity contribution in [2.24, 2.45) is 5.92 Å². The Morgan fingerprint density at radius 2 is 1.68 bits per heavy atom. The molecule has 148 valence electrons. The molecule has 1 amide bonds. The molecule has 1 saturated heterocycles. The average molecular weight is 402 g/mol. The number of hydrogen-bond donors (Lipinski definition) is 2. The molecular formula is C20H22N2O5S. The average Bonchev–Trinajstić information content (AvgIpc) is 2.69. The molecule has 0 aromatic heterocycles. The van der Waals surface area contributed by atoms with E-state index in [0.29, 0.717) is 24.7 Å². The zero-order chi connectivity index (χ0) is 20.3. The van der Waals surface area contributed by atoms with Crippen molar-refractivity contribution in [2.45, 2.75) is 24.7 Å². The normalized spacial score (nSPS) is 15.9. The maximum absolute atomic E-state index is 12.9. The van der Waals surface area contributed by atoms with Crippen molar-refractivity contribution < 1.29 is 23.1 Å². The third-order valence-electron chi connectivity index (χ3n) is 4.87. The van der Waals surface area contributed by atoms with Crippen molar-refractivity contribution in [3.63, 3.8) is 0 Å². The molecular weight excluding hydrogens is 380 g/mol. The summed E-state index contributed by atoms with van der Waals surface area (Å²) in [5.74, 6) is -1.01. The Balaban J connectivity index is 1.76. The van der Waals surface area contributed by atoms with E-state index in [1.807, 2.05) is 0 Å². The molecule has 8 heteroatoms. The zero-order valence-corrected chi connectivity index (χ0v) is 16.3. The van der Waals surface area contributed by atoms with Crippen molar-refractivity contribution in [3.8, 4) is 0 Å². The van der Waals surface area contributed by atoms with Crippen molar-refractivity contribution in [1.82, 2.24) is 4.31 Å². The maximum Gasteiger partial charge on any atom is 0.335 e. The van der Waals surface area contributed by atoms with Crippen molar-refractivity contribution in [1.29, 1.82) is 0 Å². The summed E-state index contributed by atoms with van der Waals surface area (Å²) in [6, 6.07) is 11.7. The smallest absolute Gasteiger partial charge is 0.335 e. The van der Waals surface area contributed by atoms with Gasteiger partial charge in [0, 0.05) is 24.3 Å². The van der Waals surface area contributed by atoms with E-state index in [1.165, 1.54) is 46.8 Å². The lowest BCUT2D eigenvalue weighted by Gasteiger charge is -2.29. The number of rotatable bonds is 5. The number of aromatic carboxylic acids is 1. The summed E-state index contributed by atoms with van der Waals surface area (Å²) < 4.78 is 27.2. The van der Waals surface area contributed by atoms with Gasteiger partial charge in [0.15, 0.2) is 0 Å². The topological polar surface area (TPSA) is 104 Å². The molecule has 1 aliphatic rings. The molecule has 0 saturated carbocycles. The largest absolute Gasteiger partial charge is 0.478 e. The van der Waals surface area contributed by atoms with Gasteiger partial charge in [-0.15, -0.1) is 0 Å². The van der Waals surface area contributed by atoms with E-state index in [2.05, 4.69) is 12.2 Å².